The Labute approximate surface area is 293 Å². The second kappa shape index (κ2) is 16.6. The van der Waals surface area contributed by atoms with Crippen LogP contribution in [-0.2, 0) is 24.8 Å². The molecule has 0 unspecified atom stereocenters. The SMILES string of the molecule is C[C@H]1CCCCO[C@H](CN(C)S(=O)(=O)c2ccc(F)cc2)[C@@H](C)CN([C@@H](C)CO)C(=O)c2cc(NS(=O)(=O)c3ccc(Cl)cc3)ccc2O1. The van der Waals surface area contributed by atoms with Gasteiger partial charge in [-0.1, -0.05) is 18.5 Å². The van der Waals surface area contributed by atoms with Crippen LogP contribution in [0.25, 0.3) is 0 Å². The summed E-state index contributed by atoms with van der Waals surface area (Å²) < 4.78 is 82.7. The minimum absolute atomic E-state index is 0.0185. The molecule has 4 rings (SSSR count). The van der Waals surface area contributed by atoms with Crippen LogP contribution in [0.4, 0.5) is 10.1 Å². The first-order valence-electron chi connectivity index (χ1n) is 16.0. The third-order valence-electron chi connectivity index (χ3n) is 8.39. The number of likely N-dealkylation sites (N-methyl/N-ethyl adjacent to an activating group) is 1. The first-order chi connectivity index (χ1) is 23.1. The third kappa shape index (κ3) is 9.92. The summed E-state index contributed by atoms with van der Waals surface area (Å²) in [4.78, 5) is 15.7. The molecule has 0 saturated heterocycles. The lowest BCUT2D eigenvalue weighted by Crippen LogP contribution is -2.48. The van der Waals surface area contributed by atoms with Gasteiger partial charge in [0.25, 0.3) is 15.9 Å². The van der Waals surface area contributed by atoms with Gasteiger partial charge in [0.15, 0.2) is 0 Å². The number of nitrogens with one attached hydrogen (secondary N) is 1. The Morgan fingerprint density at radius 3 is 2.33 bits per heavy atom. The molecular weight excluding hydrogens is 697 g/mol. The van der Waals surface area contributed by atoms with Crippen molar-refractivity contribution in [2.75, 3.05) is 38.1 Å². The van der Waals surface area contributed by atoms with Crippen molar-refractivity contribution in [3.8, 4) is 5.75 Å². The number of hydrogen-bond donors (Lipinski definition) is 2. The summed E-state index contributed by atoms with van der Waals surface area (Å²) in [7, 11) is -6.60. The average Bonchev–Trinajstić information content (AvgIpc) is 3.06. The highest BCUT2D eigenvalue weighted by molar-refractivity contribution is 7.92. The van der Waals surface area contributed by atoms with Crippen molar-refractivity contribution in [3.05, 3.63) is 83.1 Å². The maximum Gasteiger partial charge on any atom is 0.261 e. The molecule has 1 heterocycles. The van der Waals surface area contributed by atoms with Gasteiger partial charge in [-0.15, -0.1) is 0 Å². The summed E-state index contributed by atoms with van der Waals surface area (Å²) in [6.45, 7) is 5.34. The molecule has 49 heavy (non-hydrogen) atoms. The van der Waals surface area contributed by atoms with Crippen molar-refractivity contribution < 1.29 is 40.6 Å². The lowest BCUT2D eigenvalue weighted by Gasteiger charge is -2.35. The van der Waals surface area contributed by atoms with E-state index in [1.54, 1.807) is 13.0 Å². The molecule has 0 aromatic heterocycles. The fraction of sp³-hybridized carbons (Fsp3) is 0.441. The number of carbonyl (C=O) groups is 1. The van der Waals surface area contributed by atoms with Crippen molar-refractivity contribution in [1.29, 1.82) is 0 Å². The van der Waals surface area contributed by atoms with Gasteiger partial charge in [0.1, 0.15) is 11.6 Å². The number of ether oxygens (including phenoxy) is 2. The van der Waals surface area contributed by atoms with Crippen molar-refractivity contribution in [2.24, 2.45) is 5.92 Å². The second-order valence-corrected chi connectivity index (χ2v) is 16.5. The number of aliphatic hydroxyl groups excluding tert-OH is 1. The molecule has 0 bridgehead atoms. The number of amides is 1. The van der Waals surface area contributed by atoms with Gasteiger partial charge >= 0.3 is 0 Å². The van der Waals surface area contributed by atoms with Gasteiger partial charge in [0, 0.05) is 43.4 Å². The van der Waals surface area contributed by atoms with Crippen LogP contribution in [0, 0.1) is 11.7 Å². The Morgan fingerprint density at radius 1 is 1.02 bits per heavy atom. The second-order valence-electron chi connectivity index (χ2n) is 12.3. The number of rotatable bonds is 9. The van der Waals surface area contributed by atoms with Gasteiger partial charge in [-0.2, -0.15) is 4.31 Å². The van der Waals surface area contributed by atoms with Crippen molar-refractivity contribution >= 4 is 43.2 Å². The Balaban J connectivity index is 1.67. The van der Waals surface area contributed by atoms with Crippen LogP contribution < -0.4 is 9.46 Å². The number of sulfonamides is 2. The maximum atomic E-state index is 14.4. The Hall–Kier alpha value is -3.27. The van der Waals surface area contributed by atoms with Crippen molar-refractivity contribution in [3.63, 3.8) is 0 Å². The molecule has 4 atom stereocenters. The molecule has 3 aromatic carbocycles. The zero-order valence-electron chi connectivity index (χ0n) is 27.9. The Morgan fingerprint density at radius 2 is 1.67 bits per heavy atom. The molecule has 0 spiro atoms. The van der Waals surface area contributed by atoms with Crippen molar-refractivity contribution in [2.45, 2.75) is 68.1 Å². The van der Waals surface area contributed by atoms with E-state index in [0.29, 0.717) is 24.5 Å². The summed E-state index contributed by atoms with van der Waals surface area (Å²) in [5.74, 6) is -1.25. The first kappa shape index (κ1) is 38.5. The van der Waals surface area contributed by atoms with Crippen LogP contribution in [-0.4, -0.2) is 88.7 Å². The smallest absolute Gasteiger partial charge is 0.261 e. The number of halogens is 2. The number of anilines is 1. The minimum atomic E-state index is -4.03. The predicted octanol–water partition coefficient (Wildman–Crippen LogP) is 5.40. The molecule has 1 aliphatic rings. The molecule has 2 N–H and O–H groups in total. The number of fused-ring (bicyclic) bond motifs is 1. The maximum absolute atomic E-state index is 14.4. The normalized spacial score (nSPS) is 20.6. The molecule has 0 aliphatic carbocycles. The van der Waals surface area contributed by atoms with Gasteiger partial charge < -0.3 is 19.5 Å². The zero-order chi connectivity index (χ0) is 35.9. The average molecular weight is 740 g/mol. The van der Waals surface area contributed by atoms with Gasteiger partial charge in [-0.05, 0) is 99.8 Å². The van der Waals surface area contributed by atoms with Crippen LogP contribution in [0.3, 0.4) is 0 Å². The molecule has 0 radical (unpaired) electrons. The largest absolute Gasteiger partial charge is 0.490 e. The third-order valence-corrected chi connectivity index (χ3v) is 11.9. The van der Waals surface area contributed by atoms with E-state index in [2.05, 4.69) is 4.72 Å². The molecule has 268 valence electrons. The topological polar surface area (TPSA) is 143 Å². The number of benzene rings is 3. The van der Waals surface area contributed by atoms with Gasteiger partial charge in [0.2, 0.25) is 10.0 Å². The molecular formula is C34H43ClFN3O8S2. The zero-order valence-corrected chi connectivity index (χ0v) is 30.3. The van der Waals surface area contributed by atoms with E-state index in [-0.39, 0.29) is 52.6 Å². The summed E-state index contributed by atoms with van der Waals surface area (Å²) in [5, 5.41) is 10.6. The van der Waals surface area contributed by atoms with Crippen LogP contribution >= 0.6 is 11.6 Å². The van der Waals surface area contributed by atoms with Crippen LogP contribution in [0.1, 0.15) is 50.4 Å². The standard InChI is InChI=1S/C34H43ClFN3O8S2/c1-23-20-39(24(2)22-40)34(41)31-19-28(37-48(42,43)29-13-8-26(35)9-14-29)12-17-32(31)47-25(3)7-5-6-18-46-33(23)21-38(4)49(44,45)30-15-10-27(36)11-16-30/h8-17,19,23-25,33,37,40H,5-7,18,20-22H2,1-4H3/t23-,24-,25-,33+/m0/s1. The number of aliphatic hydroxyl groups is 1. The first-order valence-corrected chi connectivity index (χ1v) is 19.3. The van der Waals surface area contributed by atoms with Crippen molar-refractivity contribution in [1.82, 2.24) is 9.21 Å². The van der Waals surface area contributed by atoms with E-state index in [1.807, 2.05) is 13.8 Å². The molecule has 1 amide bonds. The molecule has 15 heteroatoms. The number of hydrogen-bond acceptors (Lipinski definition) is 8. The Kier molecular flexibility index (Phi) is 13.1. The summed E-state index contributed by atoms with van der Waals surface area (Å²) in [6, 6.07) is 14.0. The lowest BCUT2D eigenvalue weighted by atomic mass is 10.0. The highest BCUT2D eigenvalue weighted by atomic mass is 35.5. The highest BCUT2D eigenvalue weighted by Crippen LogP contribution is 2.30. The van der Waals surface area contributed by atoms with Gasteiger partial charge in [0.05, 0.1) is 40.2 Å². The van der Waals surface area contributed by atoms with E-state index in [1.165, 1.54) is 60.5 Å². The van der Waals surface area contributed by atoms with E-state index < -0.39 is 49.8 Å². The van der Waals surface area contributed by atoms with E-state index in [4.69, 9.17) is 21.1 Å². The fourth-order valence-electron chi connectivity index (χ4n) is 5.41. The van der Waals surface area contributed by atoms with E-state index in [9.17, 15) is 31.1 Å². The summed E-state index contributed by atoms with van der Waals surface area (Å²) >= 11 is 5.93. The number of nitrogens with zero attached hydrogens (tertiary/aromatic N) is 2. The highest BCUT2D eigenvalue weighted by Gasteiger charge is 2.32. The molecule has 3 aromatic rings. The van der Waals surface area contributed by atoms with Crippen LogP contribution in [0.2, 0.25) is 5.02 Å². The van der Waals surface area contributed by atoms with Gasteiger partial charge in [-0.25, -0.2) is 21.2 Å². The number of carbonyl (C=O) groups excluding carboxylic acids is 1. The molecule has 0 saturated carbocycles. The molecule has 1 aliphatic heterocycles. The minimum Gasteiger partial charge on any atom is -0.490 e. The van der Waals surface area contributed by atoms with Crippen LogP contribution in [0.15, 0.2) is 76.5 Å². The van der Waals surface area contributed by atoms with Gasteiger partial charge in [-0.3, -0.25) is 9.52 Å². The predicted molar refractivity (Wildman–Crippen MR) is 185 cm³/mol. The summed E-state index contributed by atoms with van der Waals surface area (Å²) in [6.07, 6.45) is 1.05. The molecule has 0 fully saturated rings. The van der Waals surface area contributed by atoms with E-state index in [0.717, 1.165) is 22.9 Å². The Bertz CT molecular complexity index is 1790. The monoisotopic (exact) mass is 739 g/mol. The van der Waals surface area contributed by atoms with E-state index >= 15 is 0 Å². The fourth-order valence-corrected chi connectivity index (χ4v) is 7.77. The lowest BCUT2D eigenvalue weighted by molar-refractivity contribution is -0.00834. The molecule has 11 nitrogen and oxygen atoms in total. The quantitative estimate of drug-likeness (QED) is 0.297. The van der Waals surface area contributed by atoms with Crippen LogP contribution in [0.5, 0.6) is 5.75 Å². The summed E-state index contributed by atoms with van der Waals surface area (Å²) in [5.41, 5.74) is 0.207.